The molecule has 1 fully saturated rings. The van der Waals surface area contributed by atoms with E-state index in [0.29, 0.717) is 0 Å². The number of phenols is 1. The van der Waals surface area contributed by atoms with Crippen molar-refractivity contribution in [3.8, 4) is 17.1 Å². The van der Waals surface area contributed by atoms with Crippen LogP contribution in [-0.4, -0.2) is 45.1 Å². The molecule has 2 aromatic rings. The van der Waals surface area contributed by atoms with Crippen molar-refractivity contribution in [2.75, 3.05) is 11.1 Å². The minimum atomic E-state index is -3.64. The molecule has 0 spiro atoms. The van der Waals surface area contributed by atoms with Crippen molar-refractivity contribution >= 4 is 21.7 Å². The number of aromatic amines is 1. The number of hydrogen-bond donors (Lipinski definition) is 3. The topological polar surface area (TPSA) is 125 Å². The maximum Gasteiger partial charge on any atom is 0.249 e. The number of carbonyl (C=O) groups is 1. The Kier molecular flexibility index (Phi) is 4.47. The number of halogens is 1. The summed E-state index contributed by atoms with van der Waals surface area (Å²) in [5.41, 5.74) is 0.0522. The van der Waals surface area contributed by atoms with Crippen LogP contribution < -0.4 is 5.32 Å². The fourth-order valence-corrected chi connectivity index (χ4v) is 4.03. The van der Waals surface area contributed by atoms with Gasteiger partial charge < -0.3 is 5.11 Å². The van der Waals surface area contributed by atoms with E-state index in [9.17, 15) is 22.7 Å². The number of rotatable bonds is 6. The number of amides is 1. The van der Waals surface area contributed by atoms with Crippen LogP contribution in [0.3, 0.4) is 0 Å². The van der Waals surface area contributed by atoms with Crippen LogP contribution >= 0.6 is 0 Å². The number of aromatic nitrogens is 3. The molecule has 0 saturated heterocycles. The summed E-state index contributed by atoms with van der Waals surface area (Å²) in [5, 5.41) is 17.8. The quantitative estimate of drug-likeness (QED) is 0.700. The third kappa shape index (κ3) is 3.55. The molecule has 0 radical (unpaired) electrons. The van der Waals surface area contributed by atoms with Gasteiger partial charge in [-0.2, -0.15) is 4.98 Å². The Morgan fingerprint density at radius 2 is 2.12 bits per heavy atom. The summed E-state index contributed by atoms with van der Waals surface area (Å²) in [6, 6.07) is 3.51. The van der Waals surface area contributed by atoms with Crippen LogP contribution in [0.4, 0.5) is 10.3 Å². The van der Waals surface area contributed by atoms with Gasteiger partial charge >= 0.3 is 0 Å². The molecule has 1 amide bonds. The van der Waals surface area contributed by atoms with Crippen molar-refractivity contribution in [2.45, 2.75) is 31.4 Å². The predicted molar refractivity (Wildman–Crippen MR) is 92.7 cm³/mol. The van der Waals surface area contributed by atoms with Gasteiger partial charge in [0.25, 0.3) is 0 Å². The highest BCUT2D eigenvalue weighted by molar-refractivity contribution is 7.93. The van der Waals surface area contributed by atoms with Crippen LogP contribution in [0.25, 0.3) is 11.4 Å². The molecule has 1 saturated carbocycles. The number of nitrogens with zero attached hydrogens (tertiary/aromatic N) is 2. The van der Waals surface area contributed by atoms with Gasteiger partial charge in [0.15, 0.2) is 15.7 Å². The van der Waals surface area contributed by atoms with Crippen molar-refractivity contribution in [3.05, 3.63) is 24.0 Å². The van der Waals surface area contributed by atoms with Gasteiger partial charge in [-0.05, 0) is 44.7 Å². The van der Waals surface area contributed by atoms with Crippen molar-refractivity contribution in [1.29, 1.82) is 0 Å². The van der Waals surface area contributed by atoms with E-state index in [0.717, 1.165) is 18.9 Å². The molecule has 0 bridgehead atoms. The predicted octanol–water partition coefficient (Wildman–Crippen LogP) is 1.86. The van der Waals surface area contributed by atoms with Crippen molar-refractivity contribution < 1.29 is 22.7 Å². The molecule has 1 aromatic carbocycles. The van der Waals surface area contributed by atoms with Gasteiger partial charge in [-0.15, -0.1) is 5.10 Å². The molecule has 3 N–H and O–H groups in total. The maximum absolute atomic E-state index is 13.9. The summed E-state index contributed by atoms with van der Waals surface area (Å²) in [6.07, 6.45) is 1.72. The number of nitrogens with one attached hydrogen (secondary N) is 2. The molecule has 10 heteroatoms. The first kappa shape index (κ1) is 18.3. The fourth-order valence-electron chi connectivity index (χ4n) is 2.33. The molecule has 0 unspecified atom stereocenters. The van der Waals surface area contributed by atoms with Crippen LogP contribution in [-0.2, 0) is 14.6 Å². The van der Waals surface area contributed by atoms with Gasteiger partial charge in [0.05, 0.1) is 11.3 Å². The highest BCUT2D eigenvalue weighted by atomic mass is 32.2. The normalized spacial score (nSPS) is 15.0. The first-order valence-electron chi connectivity index (χ1n) is 8.05. The van der Waals surface area contributed by atoms with Crippen LogP contribution in [0, 0.1) is 11.7 Å². The van der Waals surface area contributed by atoms with Gasteiger partial charge in [-0.25, -0.2) is 12.8 Å². The number of phenolic OH excluding ortho intramolecular Hbond substituents is 1. The third-order valence-electron chi connectivity index (χ3n) is 4.39. The smallest absolute Gasteiger partial charge is 0.249 e. The number of carbonyl (C=O) groups excluding carboxylic acids is 1. The Balaban J connectivity index is 1.76. The SMILES string of the molecule is CC(C)(C(=O)Nc1n[nH]c(-c2ccc(O)cc2F)n1)S(=O)(=O)CC1CC1. The summed E-state index contributed by atoms with van der Waals surface area (Å²) in [7, 11) is -3.64. The number of aromatic hydroxyl groups is 1. The minimum Gasteiger partial charge on any atom is -0.508 e. The lowest BCUT2D eigenvalue weighted by Gasteiger charge is -2.22. The van der Waals surface area contributed by atoms with Gasteiger partial charge in [-0.3, -0.25) is 15.2 Å². The molecule has 0 aliphatic heterocycles. The largest absolute Gasteiger partial charge is 0.508 e. The minimum absolute atomic E-state index is 0.0224. The zero-order valence-corrected chi connectivity index (χ0v) is 15.1. The van der Waals surface area contributed by atoms with Gasteiger partial charge in [0.2, 0.25) is 11.9 Å². The highest BCUT2D eigenvalue weighted by Gasteiger charge is 2.44. The summed E-state index contributed by atoms with van der Waals surface area (Å²) in [5.74, 6) is -1.72. The summed E-state index contributed by atoms with van der Waals surface area (Å²) >= 11 is 0. The molecule has 140 valence electrons. The van der Waals surface area contributed by atoms with E-state index in [1.807, 2.05) is 0 Å². The maximum atomic E-state index is 13.9. The molecule has 1 aliphatic rings. The van der Waals surface area contributed by atoms with Crippen LogP contribution in [0.1, 0.15) is 26.7 Å². The summed E-state index contributed by atoms with van der Waals surface area (Å²) < 4.78 is 37.1. The standard InChI is InChI=1S/C16H19FN4O4S/c1-16(2,26(24,25)8-9-3-4-9)14(23)19-15-18-13(20-21-15)11-6-5-10(22)7-12(11)17/h5-7,9,22H,3-4,8H2,1-2H3,(H2,18,19,20,21,23). The zero-order valence-electron chi connectivity index (χ0n) is 14.3. The lowest BCUT2D eigenvalue weighted by molar-refractivity contribution is -0.117. The first-order chi connectivity index (χ1) is 12.1. The van der Waals surface area contributed by atoms with Gasteiger partial charge in [0, 0.05) is 6.07 Å². The molecule has 1 aromatic heterocycles. The summed E-state index contributed by atoms with van der Waals surface area (Å²) in [6.45, 7) is 2.68. The first-order valence-corrected chi connectivity index (χ1v) is 9.70. The van der Waals surface area contributed by atoms with Crippen LogP contribution in [0.15, 0.2) is 18.2 Å². The Labute approximate surface area is 149 Å². The number of benzene rings is 1. The Morgan fingerprint density at radius 1 is 1.42 bits per heavy atom. The lowest BCUT2D eigenvalue weighted by atomic mass is 10.2. The molecule has 3 rings (SSSR count). The van der Waals surface area contributed by atoms with Crippen LogP contribution in [0.5, 0.6) is 5.75 Å². The van der Waals surface area contributed by atoms with Crippen molar-refractivity contribution in [2.24, 2.45) is 5.92 Å². The Morgan fingerprint density at radius 3 is 2.73 bits per heavy atom. The van der Waals surface area contributed by atoms with E-state index >= 15 is 0 Å². The second kappa shape index (κ2) is 6.35. The highest BCUT2D eigenvalue weighted by Crippen LogP contribution is 2.34. The molecule has 8 nitrogen and oxygen atoms in total. The van der Waals surface area contributed by atoms with E-state index < -0.39 is 26.3 Å². The monoisotopic (exact) mass is 382 g/mol. The average molecular weight is 382 g/mol. The second-order valence-electron chi connectivity index (χ2n) is 6.86. The van der Waals surface area contributed by atoms with E-state index in [-0.39, 0.29) is 34.8 Å². The zero-order chi connectivity index (χ0) is 19.1. The van der Waals surface area contributed by atoms with Crippen molar-refractivity contribution in [1.82, 2.24) is 15.2 Å². The summed E-state index contributed by atoms with van der Waals surface area (Å²) in [4.78, 5) is 16.4. The number of hydrogen-bond acceptors (Lipinski definition) is 6. The average Bonchev–Trinajstić information content (AvgIpc) is 3.22. The Hall–Kier alpha value is -2.49. The molecule has 1 aliphatic carbocycles. The van der Waals surface area contributed by atoms with Crippen LogP contribution in [0.2, 0.25) is 0 Å². The number of anilines is 1. The molecular weight excluding hydrogens is 363 g/mol. The molecular formula is C16H19FN4O4S. The van der Waals surface area contributed by atoms with E-state index in [1.54, 1.807) is 0 Å². The molecule has 1 heterocycles. The van der Waals surface area contributed by atoms with Gasteiger partial charge in [0.1, 0.15) is 16.3 Å². The Bertz CT molecular complexity index is 951. The molecule has 0 atom stereocenters. The van der Waals surface area contributed by atoms with E-state index in [4.69, 9.17) is 0 Å². The number of H-pyrrole nitrogens is 1. The number of sulfone groups is 1. The molecule has 26 heavy (non-hydrogen) atoms. The fraction of sp³-hybridized carbons (Fsp3) is 0.438. The van der Waals surface area contributed by atoms with E-state index in [2.05, 4.69) is 20.5 Å². The second-order valence-corrected chi connectivity index (χ2v) is 9.44. The lowest BCUT2D eigenvalue weighted by Crippen LogP contribution is -2.46. The third-order valence-corrected chi connectivity index (χ3v) is 7.05. The van der Waals surface area contributed by atoms with Crippen molar-refractivity contribution in [3.63, 3.8) is 0 Å². The van der Waals surface area contributed by atoms with Gasteiger partial charge in [-0.1, -0.05) is 0 Å². The van der Waals surface area contributed by atoms with E-state index in [1.165, 1.54) is 26.0 Å².